The van der Waals surface area contributed by atoms with Gasteiger partial charge in [0.05, 0.1) is 6.61 Å². The Balaban J connectivity index is 2.35. The normalized spacial score (nSPS) is 25.5. The second-order valence-corrected chi connectivity index (χ2v) is 3.29. The molecule has 0 radical (unpaired) electrons. The number of aliphatic hydroxyl groups is 2. The summed E-state index contributed by atoms with van der Waals surface area (Å²) in [5.74, 6) is 0. The number of aromatic nitrogens is 2. The molecule has 1 aromatic heterocycles. The van der Waals surface area contributed by atoms with Crippen molar-refractivity contribution in [1.82, 2.24) is 15.1 Å². The lowest BCUT2D eigenvalue weighted by molar-refractivity contribution is -0.190. The standard InChI is InChI=1S/C7H10N4O6/c12-2-4-6(14)10(16)11(17-4)3-1-8-7(15)9-5(3)13/h1,4,6,12,14,16H,2H2,(H2,8,9,13,15)/t4-,6-/m1/s1. The third-order valence-corrected chi connectivity index (χ3v) is 2.18. The van der Waals surface area contributed by atoms with Crippen molar-refractivity contribution >= 4 is 5.69 Å². The van der Waals surface area contributed by atoms with Crippen LogP contribution in [0.3, 0.4) is 0 Å². The van der Waals surface area contributed by atoms with E-state index in [2.05, 4.69) is 4.98 Å². The van der Waals surface area contributed by atoms with Crippen molar-refractivity contribution in [3.8, 4) is 0 Å². The van der Waals surface area contributed by atoms with E-state index in [0.29, 0.717) is 5.17 Å². The molecule has 0 amide bonds. The topological polar surface area (TPSA) is 142 Å². The number of hydrogen-bond donors (Lipinski definition) is 5. The molecular weight excluding hydrogens is 236 g/mol. The second kappa shape index (κ2) is 4.27. The van der Waals surface area contributed by atoms with Gasteiger partial charge in [0.1, 0.15) is 0 Å². The molecule has 0 bridgehead atoms. The highest BCUT2D eigenvalue weighted by molar-refractivity contribution is 5.37. The van der Waals surface area contributed by atoms with Crippen molar-refractivity contribution < 1.29 is 20.3 Å². The molecule has 2 atom stereocenters. The van der Waals surface area contributed by atoms with Crippen LogP contribution in [0.2, 0.25) is 0 Å². The number of aromatic amines is 2. The van der Waals surface area contributed by atoms with Gasteiger partial charge in [-0.15, -0.1) is 5.17 Å². The van der Waals surface area contributed by atoms with Crippen LogP contribution in [0.25, 0.3) is 0 Å². The van der Waals surface area contributed by atoms with Crippen LogP contribution < -0.4 is 16.4 Å². The van der Waals surface area contributed by atoms with E-state index < -0.39 is 30.2 Å². The van der Waals surface area contributed by atoms with Gasteiger partial charge < -0.3 is 15.2 Å². The van der Waals surface area contributed by atoms with E-state index >= 15 is 0 Å². The van der Waals surface area contributed by atoms with Crippen LogP contribution in [0.1, 0.15) is 0 Å². The Morgan fingerprint density at radius 3 is 2.71 bits per heavy atom. The summed E-state index contributed by atoms with van der Waals surface area (Å²) in [5, 5.41) is 28.5. The maximum Gasteiger partial charge on any atom is 0.325 e. The summed E-state index contributed by atoms with van der Waals surface area (Å²) in [6, 6.07) is 0. The summed E-state index contributed by atoms with van der Waals surface area (Å²) in [6.07, 6.45) is -1.63. The molecule has 2 rings (SSSR count). The number of hydrogen-bond acceptors (Lipinski definition) is 8. The first-order chi connectivity index (χ1) is 8.04. The van der Waals surface area contributed by atoms with E-state index in [4.69, 9.17) is 9.94 Å². The van der Waals surface area contributed by atoms with Crippen molar-refractivity contribution in [2.75, 3.05) is 11.8 Å². The number of nitrogens with one attached hydrogen (secondary N) is 2. The molecule has 1 aromatic rings. The maximum absolute atomic E-state index is 11.4. The highest BCUT2D eigenvalue weighted by Crippen LogP contribution is 2.21. The Morgan fingerprint density at radius 2 is 2.18 bits per heavy atom. The van der Waals surface area contributed by atoms with Gasteiger partial charge in [0, 0.05) is 6.20 Å². The highest BCUT2D eigenvalue weighted by atomic mass is 16.8. The highest BCUT2D eigenvalue weighted by Gasteiger charge is 2.41. The first kappa shape index (κ1) is 11.8. The fourth-order valence-electron chi connectivity index (χ4n) is 1.33. The smallest absolute Gasteiger partial charge is 0.325 e. The average Bonchev–Trinajstić information content (AvgIpc) is 2.57. The molecule has 2 heterocycles. The van der Waals surface area contributed by atoms with Gasteiger partial charge in [-0.05, 0) is 5.17 Å². The van der Waals surface area contributed by atoms with Crippen LogP contribution >= 0.6 is 0 Å². The minimum Gasteiger partial charge on any atom is -0.393 e. The van der Waals surface area contributed by atoms with Gasteiger partial charge >= 0.3 is 5.69 Å². The zero-order valence-corrected chi connectivity index (χ0v) is 8.40. The fraction of sp³-hybridized carbons (Fsp3) is 0.429. The average molecular weight is 246 g/mol. The summed E-state index contributed by atoms with van der Waals surface area (Å²) < 4.78 is 0. The Labute approximate surface area is 93.2 Å². The number of hydrazine groups is 1. The molecule has 10 heteroatoms. The molecule has 0 aliphatic carbocycles. The molecule has 0 saturated carbocycles. The lowest BCUT2D eigenvalue weighted by Crippen LogP contribution is -2.42. The Morgan fingerprint density at radius 1 is 1.47 bits per heavy atom. The second-order valence-electron chi connectivity index (χ2n) is 3.29. The minimum absolute atomic E-state index is 0.226. The number of nitrogens with zero attached hydrogens (tertiary/aromatic N) is 2. The van der Waals surface area contributed by atoms with Crippen LogP contribution in [0.15, 0.2) is 15.8 Å². The van der Waals surface area contributed by atoms with Gasteiger partial charge in [-0.3, -0.25) is 15.0 Å². The molecule has 94 valence electrons. The monoisotopic (exact) mass is 246 g/mol. The van der Waals surface area contributed by atoms with Gasteiger partial charge in [-0.2, -0.15) is 0 Å². The largest absolute Gasteiger partial charge is 0.393 e. The van der Waals surface area contributed by atoms with Crippen molar-refractivity contribution in [3.05, 3.63) is 27.0 Å². The van der Waals surface area contributed by atoms with Gasteiger partial charge in [0.15, 0.2) is 18.0 Å². The molecule has 1 fully saturated rings. The van der Waals surface area contributed by atoms with Crippen LogP contribution in [-0.4, -0.2) is 49.5 Å². The maximum atomic E-state index is 11.4. The molecular formula is C7H10N4O6. The van der Waals surface area contributed by atoms with Crippen LogP contribution in [0, 0.1) is 0 Å². The van der Waals surface area contributed by atoms with Crippen LogP contribution in [0.5, 0.6) is 0 Å². The summed E-state index contributed by atoms with van der Waals surface area (Å²) in [7, 11) is 0. The molecule has 1 aliphatic rings. The Kier molecular flexibility index (Phi) is 2.95. The SMILES string of the molecule is O=c1[nH]cc(N2O[C@H](CO)[C@@H](O)N2O)c(=O)[nH]1. The lowest BCUT2D eigenvalue weighted by atomic mass is 10.3. The fourth-order valence-corrected chi connectivity index (χ4v) is 1.33. The summed E-state index contributed by atoms with van der Waals surface area (Å²) in [6.45, 7) is -0.560. The van der Waals surface area contributed by atoms with E-state index in [1.165, 1.54) is 0 Å². The molecule has 0 spiro atoms. The summed E-state index contributed by atoms with van der Waals surface area (Å²) in [5.41, 5.74) is -1.79. The summed E-state index contributed by atoms with van der Waals surface area (Å²) >= 11 is 0. The van der Waals surface area contributed by atoms with Crippen LogP contribution in [0.4, 0.5) is 5.69 Å². The first-order valence-corrected chi connectivity index (χ1v) is 4.60. The molecule has 1 aliphatic heterocycles. The summed E-state index contributed by atoms with van der Waals surface area (Å²) in [4.78, 5) is 31.2. The molecule has 17 heavy (non-hydrogen) atoms. The number of aliphatic hydroxyl groups excluding tert-OH is 2. The Bertz CT molecular complexity index is 512. The zero-order chi connectivity index (χ0) is 12.6. The van der Waals surface area contributed by atoms with Gasteiger partial charge in [0.25, 0.3) is 5.56 Å². The van der Waals surface area contributed by atoms with Gasteiger partial charge in [0.2, 0.25) is 0 Å². The van der Waals surface area contributed by atoms with E-state index in [-0.39, 0.29) is 10.9 Å². The van der Waals surface area contributed by atoms with Crippen molar-refractivity contribution in [2.45, 2.75) is 12.3 Å². The molecule has 5 N–H and O–H groups in total. The quantitative estimate of drug-likeness (QED) is 0.374. The van der Waals surface area contributed by atoms with E-state index in [9.17, 15) is 19.9 Å². The molecule has 1 saturated heterocycles. The molecule has 0 aromatic carbocycles. The number of rotatable bonds is 2. The number of hydroxylamine groups is 1. The van der Waals surface area contributed by atoms with Crippen molar-refractivity contribution in [1.29, 1.82) is 0 Å². The predicted molar refractivity (Wildman–Crippen MR) is 51.8 cm³/mol. The number of anilines is 1. The first-order valence-electron chi connectivity index (χ1n) is 4.60. The molecule has 0 unspecified atom stereocenters. The predicted octanol–water partition coefficient (Wildman–Crippen LogP) is -2.90. The number of H-pyrrole nitrogens is 2. The van der Waals surface area contributed by atoms with E-state index in [1.54, 1.807) is 0 Å². The zero-order valence-electron chi connectivity index (χ0n) is 8.40. The Hall–Kier alpha value is -1.72. The molecule has 10 nitrogen and oxygen atoms in total. The lowest BCUT2D eigenvalue weighted by Gasteiger charge is -2.20. The van der Waals surface area contributed by atoms with Gasteiger partial charge in [-0.1, -0.05) is 0 Å². The third-order valence-electron chi connectivity index (χ3n) is 2.18. The third kappa shape index (κ3) is 1.94. The van der Waals surface area contributed by atoms with Gasteiger partial charge in [-0.25, -0.2) is 9.63 Å². The van der Waals surface area contributed by atoms with Crippen LogP contribution in [-0.2, 0) is 4.84 Å². The van der Waals surface area contributed by atoms with Crippen molar-refractivity contribution in [2.24, 2.45) is 0 Å². The van der Waals surface area contributed by atoms with Crippen molar-refractivity contribution in [3.63, 3.8) is 0 Å². The minimum atomic E-state index is -1.52. The van der Waals surface area contributed by atoms with E-state index in [1.807, 2.05) is 4.98 Å². The van der Waals surface area contributed by atoms with E-state index in [0.717, 1.165) is 6.20 Å².